The van der Waals surface area contributed by atoms with Crippen LogP contribution in [0.4, 0.5) is 0 Å². The molecule has 0 unspecified atom stereocenters. The number of nitrogens with one attached hydrogen (secondary N) is 6. The lowest BCUT2D eigenvalue weighted by molar-refractivity contribution is -0.142. The summed E-state index contributed by atoms with van der Waals surface area (Å²) in [7, 11) is 0. The van der Waals surface area contributed by atoms with E-state index in [1.165, 1.54) is 0 Å². The number of benzene rings is 1. The average Bonchev–Trinajstić information content (AvgIpc) is 3.09. The minimum Gasteiger partial charge on any atom is -0.480 e. The van der Waals surface area contributed by atoms with E-state index in [9.17, 15) is 48.3 Å². The number of amides is 8. The molecule has 0 fully saturated rings. The predicted molar refractivity (Wildman–Crippen MR) is 204 cm³/mol. The van der Waals surface area contributed by atoms with Gasteiger partial charge in [-0.2, -0.15) is 0 Å². The van der Waals surface area contributed by atoms with Gasteiger partial charge in [-0.15, -0.1) is 0 Å². The van der Waals surface area contributed by atoms with Gasteiger partial charge in [0, 0.05) is 6.42 Å². The largest absolute Gasteiger partial charge is 0.480 e. The van der Waals surface area contributed by atoms with Crippen LogP contribution in [-0.4, -0.2) is 101 Å². The van der Waals surface area contributed by atoms with Gasteiger partial charge in [-0.25, -0.2) is 4.79 Å². The minimum absolute atomic E-state index is 0.0685. The Labute approximate surface area is 326 Å². The molecule has 0 heterocycles. The fourth-order valence-corrected chi connectivity index (χ4v) is 5.46. The first-order valence-corrected chi connectivity index (χ1v) is 18.5. The van der Waals surface area contributed by atoms with Gasteiger partial charge in [0.05, 0.1) is 19.0 Å². The van der Waals surface area contributed by atoms with Crippen molar-refractivity contribution in [1.29, 1.82) is 0 Å². The molecular formula is C37H59N9O10. The highest BCUT2D eigenvalue weighted by molar-refractivity contribution is 5.98. The maximum Gasteiger partial charge on any atom is 0.326 e. The number of carbonyl (C=O) groups is 9. The minimum atomic E-state index is -1.55. The van der Waals surface area contributed by atoms with Gasteiger partial charge >= 0.3 is 5.97 Å². The van der Waals surface area contributed by atoms with Crippen LogP contribution in [-0.2, 0) is 49.6 Å². The SMILES string of the molecule is CC(C)C[C@H](NC(=O)[C@H](CC(C)C)NC(=O)[C@H](CC(N)=O)NC(=O)[C@@H](NC(=O)[C@@H](N)Cc1ccccc1)C(C)C)C(=O)NCC(=O)N[C@@H](CCC(N)=O)C(=O)O. The fraction of sp³-hybridized carbons (Fsp3) is 0.595. The Balaban J connectivity index is 3.11. The Morgan fingerprint density at radius 2 is 1.14 bits per heavy atom. The summed E-state index contributed by atoms with van der Waals surface area (Å²) in [5, 5.41) is 24.1. The molecule has 0 bridgehead atoms. The molecule has 1 aromatic carbocycles. The lowest BCUT2D eigenvalue weighted by Crippen LogP contribution is -2.60. The van der Waals surface area contributed by atoms with Gasteiger partial charge < -0.3 is 54.2 Å². The lowest BCUT2D eigenvalue weighted by atomic mass is 9.99. The van der Waals surface area contributed by atoms with E-state index in [1.807, 2.05) is 6.07 Å². The van der Waals surface area contributed by atoms with Gasteiger partial charge in [0.2, 0.25) is 47.3 Å². The van der Waals surface area contributed by atoms with Gasteiger partial charge in [-0.05, 0) is 49.0 Å². The highest BCUT2D eigenvalue weighted by Crippen LogP contribution is 2.11. The summed E-state index contributed by atoms with van der Waals surface area (Å²) in [4.78, 5) is 114. The van der Waals surface area contributed by atoms with Crippen molar-refractivity contribution in [2.24, 2.45) is 35.0 Å². The summed E-state index contributed by atoms with van der Waals surface area (Å²) in [5.41, 5.74) is 17.4. The molecule has 19 nitrogen and oxygen atoms in total. The molecule has 312 valence electrons. The molecule has 1 rings (SSSR count). The second-order valence-electron chi connectivity index (χ2n) is 14.8. The van der Waals surface area contributed by atoms with Gasteiger partial charge in [-0.1, -0.05) is 71.9 Å². The van der Waals surface area contributed by atoms with Gasteiger partial charge in [0.1, 0.15) is 30.2 Å². The highest BCUT2D eigenvalue weighted by Gasteiger charge is 2.34. The third-order valence-electron chi connectivity index (χ3n) is 8.34. The number of carboxylic acids is 1. The van der Waals surface area contributed by atoms with E-state index in [-0.39, 0.29) is 43.9 Å². The van der Waals surface area contributed by atoms with Crippen molar-refractivity contribution in [3.8, 4) is 0 Å². The van der Waals surface area contributed by atoms with E-state index >= 15 is 0 Å². The molecule has 0 radical (unpaired) electrons. The standard InChI is InChI=1S/C37H59N9O10/c1-19(2)14-25(33(51)41-18-30(49)42-24(37(55)56)12-13-28(39)47)43-34(52)26(15-20(3)4)44-35(53)27(17-29(40)48)45-36(54)31(21(5)6)46-32(50)23(38)16-22-10-8-7-9-11-22/h7-11,19-21,23-27,31H,12-18,38H2,1-6H3,(H2,39,47)(H2,40,48)(H,41,51)(H,42,49)(H,43,52)(H,44,53)(H,45,54)(H,46,50)(H,55,56)/t23-,24-,25-,26-,27-,31-/m0/s1. The molecule has 0 aliphatic heterocycles. The molecule has 6 atom stereocenters. The summed E-state index contributed by atoms with van der Waals surface area (Å²) in [6.45, 7) is 9.79. The van der Waals surface area contributed by atoms with Gasteiger partial charge in [0.15, 0.2) is 0 Å². The normalized spacial score (nSPS) is 14.3. The number of hydrogen-bond acceptors (Lipinski definition) is 10. The highest BCUT2D eigenvalue weighted by atomic mass is 16.4. The third kappa shape index (κ3) is 18.6. The average molecular weight is 790 g/mol. The second-order valence-corrected chi connectivity index (χ2v) is 14.8. The molecule has 1 aromatic rings. The molecule has 0 spiro atoms. The maximum atomic E-state index is 13.7. The maximum absolute atomic E-state index is 13.7. The number of primary amides is 2. The van der Waals surface area contributed by atoms with Crippen LogP contribution in [0.25, 0.3) is 0 Å². The van der Waals surface area contributed by atoms with Crippen molar-refractivity contribution in [2.75, 3.05) is 6.54 Å². The van der Waals surface area contributed by atoms with Crippen molar-refractivity contribution in [3.05, 3.63) is 35.9 Å². The van der Waals surface area contributed by atoms with Crippen molar-refractivity contribution < 1.29 is 48.3 Å². The second kappa shape index (κ2) is 24.0. The van der Waals surface area contributed by atoms with Crippen LogP contribution in [0.5, 0.6) is 0 Å². The summed E-state index contributed by atoms with van der Waals surface area (Å²) < 4.78 is 0. The van der Waals surface area contributed by atoms with Gasteiger partial charge in [-0.3, -0.25) is 38.4 Å². The van der Waals surface area contributed by atoms with E-state index < -0.39 is 108 Å². The van der Waals surface area contributed by atoms with Crippen molar-refractivity contribution in [1.82, 2.24) is 31.9 Å². The predicted octanol–water partition coefficient (Wildman–Crippen LogP) is -1.93. The lowest BCUT2D eigenvalue weighted by Gasteiger charge is -2.28. The molecule has 0 saturated heterocycles. The first kappa shape index (κ1) is 48.4. The number of rotatable bonds is 25. The van der Waals surface area contributed by atoms with Crippen LogP contribution >= 0.6 is 0 Å². The number of aliphatic carboxylic acids is 1. The number of nitrogens with two attached hydrogens (primary N) is 3. The molecule has 56 heavy (non-hydrogen) atoms. The smallest absolute Gasteiger partial charge is 0.326 e. The summed E-state index contributed by atoms with van der Waals surface area (Å²) in [5.74, 6) is -8.65. The quantitative estimate of drug-likeness (QED) is 0.0520. The molecule has 13 N–H and O–H groups in total. The van der Waals surface area contributed by atoms with E-state index in [0.717, 1.165) is 5.56 Å². The van der Waals surface area contributed by atoms with Crippen molar-refractivity contribution >= 4 is 53.2 Å². The van der Waals surface area contributed by atoms with Gasteiger partial charge in [0.25, 0.3) is 0 Å². The Bertz CT molecular complexity index is 1540. The first-order valence-electron chi connectivity index (χ1n) is 18.5. The van der Waals surface area contributed by atoms with Crippen LogP contribution < -0.4 is 49.1 Å². The van der Waals surface area contributed by atoms with E-state index in [2.05, 4.69) is 31.9 Å². The number of carboxylic acid groups (broad SMARTS) is 1. The summed E-state index contributed by atoms with van der Waals surface area (Å²) in [6.07, 6.45) is -0.827. The molecule has 19 heteroatoms. The summed E-state index contributed by atoms with van der Waals surface area (Å²) in [6, 6.07) is 1.43. The molecule has 0 aliphatic rings. The molecule has 0 aromatic heterocycles. The van der Waals surface area contributed by atoms with Crippen LogP contribution in [0.15, 0.2) is 30.3 Å². The number of carbonyl (C=O) groups excluding carboxylic acids is 8. The fourth-order valence-electron chi connectivity index (χ4n) is 5.46. The molecule has 8 amide bonds. The zero-order valence-corrected chi connectivity index (χ0v) is 32.9. The van der Waals surface area contributed by atoms with Crippen LogP contribution in [0.3, 0.4) is 0 Å². The molecule has 0 saturated carbocycles. The van der Waals surface area contributed by atoms with Crippen LogP contribution in [0.2, 0.25) is 0 Å². The number of hydrogen-bond donors (Lipinski definition) is 10. The van der Waals surface area contributed by atoms with Crippen LogP contribution in [0.1, 0.15) is 79.2 Å². The first-order chi connectivity index (χ1) is 26.1. The zero-order chi connectivity index (χ0) is 42.7. The van der Waals surface area contributed by atoms with E-state index in [4.69, 9.17) is 17.2 Å². The Hall–Kier alpha value is -5.59. The Kier molecular flexibility index (Phi) is 20.8. The Morgan fingerprint density at radius 1 is 0.625 bits per heavy atom. The Morgan fingerprint density at radius 3 is 1.62 bits per heavy atom. The molecular weight excluding hydrogens is 730 g/mol. The van der Waals surface area contributed by atoms with E-state index in [1.54, 1.807) is 65.8 Å². The topological polar surface area (TPSA) is 324 Å². The van der Waals surface area contributed by atoms with Crippen molar-refractivity contribution in [3.63, 3.8) is 0 Å². The molecule has 0 aliphatic carbocycles. The monoisotopic (exact) mass is 789 g/mol. The van der Waals surface area contributed by atoms with Crippen molar-refractivity contribution in [2.45, 2.75) is 116 Å². The third-order valence-corrected chi connectivity index (χ3v) is 8.34. The van der Waals surface area contributed by atoms with E-state index in [0.29, 0.717) is 0 Å². The zero-order valence-electron chi connectivity index (χ0n) is 32.9. The van der Waals surface area contributed by atoms with Crippen LogP contribution in [0, 0.1) is 17.8 Å². The summed E-state index contributed by atoms with van der Waals surface area (Å²) >= 11 is 0.